The van der Waals surface area contributed by atoms with E-state index in [1.165, 1.54) is 0 Å². The van der Waals surface area contributed by atoms with E-state index in [1.807, 2.05) is 72.8 Å². The predicted molar refractivity (Wildman–Crippen MR) is 88.2 cm³/mol. The normalized spacial score (nSPS) is 10.7. The second-order valence-electron chi connectivity index (χ2n) is 4.99. The van der Waals surface area contributed by atoms with Gasteiger partial charge in [0.2, 0.25) is 0 Å². The fourth-order valence-corrected chi connectivity index (χ4v) is 2.49. The molecule has 2 heterocycles. The van der Waals surface area contributed by atoms with Crippen molar-refractivity contribution in [3.63, 3.8) is 0 Å². The average molecular weight is 283 g/mol. The van der Waals surface area contributed by atoms with Crippen LogP contribution in [0.1, 0.15) is 0 Å². The summed E-state index contributed by atoms with van der Waals surface area (Å²) >= 11 is 0. The Morgan fingerprint density at radius 3 is 2.23 bits per heavy atom. The van der Waals surface area contributed by atoms with Gasteiger partial charge in [-0.15, -0.1) is 0 Å². The number of hydrogen-bond acceptors (Lipinski definition) is 3. The number of rotatable bonds is 2. The van der Waals surface area contributed by atoms with Crippen LogP contribution in [0.2, 0.25) is 0 Å². The summed E-state index contributed by atoms with van der Waals surface area (Å²) < 4.78 is 0. The first-order valence-corrected chi connectivity index (χ1v) is 7.15. The van der Waals surface area contributed by atoms with E-state index in [0.717, 1.165) is 33.7 Å². The standard InChI is InChI=1S/C19H13N3/c1-2-8-14(9-3-1)19-21-16-11-5-4-10-15(16)18(22-19)17-12-6-7-13-20-17/h1-13H. The second kappa shape index (κ2) is 5.37. The molecule has 3 nitrogen and oxygen atoms in total. The molecule has 0 aliphatic heterocycles. The summed E-state index contributed by atoms with van der Waals surface area (Å²) in [5.41, 5.74) is 3.66. The molecule has 3 heteroatoms. The van der Waals surface area contributed by atoms with Crippen LogP contribution in [0.25, 0.3) is 33.7 Å². The van der Waals surface area contributed by atoms with Crippen molar-refractivity contribution in [3.05, 3.63) is 79.0 Å². The summed E-state index contributed by atoms with van der Waals surface area (Å²) in [5.74, 6) is 0.722. The first-order valence-electron chi connectivity index (χ1n) is 7.15. The van der Waals surface area contributed by atoms with Crippen LogP contribution in [-0.4, -0.2) is 15.0 Å². The summed E-state index contributed by atoms with van der Waals surface area (Å²) in [6.07, 6.45) is 1.79. The molecule has 2 aromatic heterocycles. The quantitative estimate of drug-likeness (QED) is 0.548. The van der Waals surface area contributed by atoms with Crippen LogP contribution in [-0.2, 0) is 0 Å². The Kier molecular flexibility index (Phi) is 3.09. The van der Waals surface area contributed by atoms with Crippen molar-refractivity contribution in [2.75, 3.05) is 0 Å². The summed E-state index contributed by atoms with van der Waals surface area (Å²) in [4.78, 5) is 13.9. The molecule has 2 aromatic carbocycles. The SMILES string of the molecule is c1ccc(-c2nc(-c3ccccn3)c3ccccc3n2)cc1. The van der Waals surface area contributed by atoms with Gasteiger partial charge < -0.3 is 0 Å². The van der Waals surface area contributed by atoms with Crippen LogP contribution in [0, 0.1) is 0 Å². The molecule has 4 rings (SSSR count). The Morgan fingerprint density at radius 1 is 0.636 bits per heavy atom. The van der Waals surface area contributed by atoms with Gasteiger partial charge in [0.1, 0.15) is 5.69 Å². The lowest BCUT2D eigenvalue weighted by Crippen LogP contribution is -1.95. The number of nitrogens with zero attached hydrogens (tertiary/aromatic N) is 3. The number of fused-ring (bicyclic) bond motifs is 1. The second-order valence-corrected chi connectivity index (χ2v) is 4.99. The van der Waals surface area contributed by atoms with Crippen LogP contribution < -0.4 is 0 Å². The molecule has 4 aromatic rings. The highest BCUT2D eigenvalue weighted by atomic mass is 14.9. The average Bonchev–Trinajstić information content (AvgIpc) is 2.62. The van der Waals surface area contributed by atoms with E-state index < -0.39 is 0 Å². The van der Waals surface area contributed by atoms with E-state index in [0.29, 0.717) is 0 Å². The molecule has 0 spiro atoms. The summed E-state index contributed by atoms with van der Waals surface area (Å²) in [6, 6.07) is 23.9. The van der Waals surface area contributed by atoms with Crippen molar-refractivity contribution in [2.45, 2.75) is 0 Å². The Bertz CT molecular complexity index is 919. The van der Waals surface area contributed by atoms with Crippen molar-refractivity contribution >= 4 is 10.9 Å². The van der Waals surface area contributed by atoms with Crippen LogP contribution in [0.3, 0.4) is 0 Å². The van der Waals surface area contributed by atoms with Gasteiger partial charge in [-0.2, -0.15) is 0 Å². The molecule has 0 radical (unpaired) electrons. The monoisotopic (exact) mass is 283 g/mol. The highest BCUT2D eigenvalue weighted by Crippen LogP contribution is 2.27. The highest BCUT2D eigenvalue weighted by molar-refractivity contribution is 5.92. The minimum Gasteiger partial charge on any atom is -0.255 e. The molecule has 104 valence electrons. The number of aromatic nitrogens is 3. The maximum Gasteiger partial charge on any atom is 0.160 e. The molecule has 0 aliphatic rings. The van der Waals surface area contributed by atoms with Crippen LogP contribution in [0.4, 0.5) is 0 Å². The first kappa shape index (κ1) is 12.7. The van der Waals surface area contributed by atoms with Gasteiger partial charge in [-0.25, -0.2) is 9.97 Å². The van der Waals surface area contributed by atoms with Gasteiger partial charge in [-0.1, -0.05) is 54.6 Å². The molecule has 0 N–H and O–H groups in total. The van der Waals surface area contributed by atoms with Crippen molar-refractivity contribution in [3.8, 4) is 22.8 Å². The fraction of sp³-hybridized carbons (Fsp3) is 0. The van der Waals surface area contributed by atoms with Crippen molar-refractivity contribution in [1.29, 1.82) is 0 Å². The van der Waals surface area contributed by atoms with Gasteiger partial charge in [0.25, 0.3) is 0 Å². The summed E-state index contributed by atoms with van der Waals surface area (Å²) in [5, 5.41) is 1.01. The zero-order valence-electron chi connectivity index (χ0n) is 11.8. The lowest BCUT2D eigenvalue weighted by Gasteiger charge is -2.08. The van der Waals surface area contributed by atoms with Crippen molar-refractivity contribution < 1.29 is 0 Å². The lowest BCUT2D eigenvalue weighted by atomic mass is 10.1. The lowest BCUT2D eigenvalue weighted by molar-refractivity contribution is 1.20. The minimum atomic E-state index is 0.722. The molecular formula is C19H13N3. The third kappa shape index (κ3) is 2.23. The largest absolute Gasteiger partial charge is 0.255 e. The third-order valence-electron chi connectivity index (χ3n) is 3.54. The molecule has 0 bridgehead atoms. The van der Waals surface area contributed by atoms with Gasteiger partial charge in [-0.05, 0) is 18.2 Å². The Balaban J connectivity index is 2.02. The molecule has 0 amide bonds. The molecule has 0 fully saturated rings. The van der Waals surface area contributed by atoms with Gasteiger partial charge >= 0.3 is 0 Å². The third-order valence-corrected chi connectivity index (χ3v) is 3.54. The van der Waals surface area contributed by atoms with Gasteiger partial charge in [-0.3, -0.25) is 4.98 Å². The molecule has 0 saturated carbocycles. The smallest absolute Gasteiger partial charge is 0.160 e. The zero-order chi connectivity index (χ0) is 14.8. The van der Waals surface area contributed by atoms with E-state index >= 15 is 0 Å². The number of hydrogen-bond donors (Lipinski definition) is 0. The highest BCUT2D eigenvalue weighted by Gasteiger charge is 2.11. The van der Waals surface area contributed by atoms with Crippen LogP contribution in [0.15, 0.2) is 79.0 Å². The Morgan fingerprint density at radius 2 is 1.41 bits per heavy atom. The van der Waals surface area contributed by atoms with Crippen molar-refractivity contribution in [2.24, 2.45) is 0 Å². The van der Waals surface area contributed by atoms with Gasteiger partial charge in [0, 0.05) is 17.1 Å². The van der Waals surface area contributed by atoms with Gasteiger partial charge in [0.05, 0.1) is 11.2 Å². The topological polar surface area (TPSA) is 38.7 Å². The molecular weight excluding hydrogens is 270 g/mol. The van der Waals surface area contributed by atoms with Gasteiger partial charge in [0.15, 0.2) is 5.82 Å². The summed E-state index contributed by atoms with van der Waals surface area (Å²) in [7, 11) is 0. The maximum atomic E-state index is 4.77. The molecule has 22 heavy (non-hydrogen) atoms. The number of pyridine rings is 1. The molecule has 0 aliphatic carbocycles. The van der Waals surface area contributed by atoms with Crippen molar-refractivity contribution in [1.82, 2.24) is 15.0 Å². The van der Waals surface area contributed by atoms with E-state index in [1.54, 1.807) is 6.20 Å². The fourth-order valence-electron chi connectivity index (χ4n) is 2.49. The van der Waals surface area contributed by atoms with Crippen LogP contribution in [0.5, 0.6) is 0 Å². The number of para-hydroxylation sites is 1. The zero-order valence-corrected chi connectivity index (χ0v) is 11.8. The van der Waals surface area contributed by atoms with E-state index in [9.17, 15) is 0 Å². The molecule has 0 saturated heterocycles. The maximum absolute atomic E-state index is 4.77. The van der Waals surface area contributed by atoms with E-state index in [2.05, 4.69) is 4.98 Å². The number of benzene rings is 2. The minimum absolute atomic E-state index is 0.722. The predicted octanol–water partition coefficient (Wildman–Crippen LogP) is 4.36. The summed E-state index contributed by atoms with van der Waals surface area (Å²) in [6.45, 7) is 0. The van der Waals surface area contributed by atoms with E-state index in [-0.39, 0.29) is 0 Å². The molecule has 0 atom stereocenters. The van der Waals surface area contributed by atoms with E-state index in [4.69, 9.17) is 9.97 Å². The first-order chi connectivity index (χ1) is 10.9. The molecule has 0 unspecified atom stereocenters. The Labute approximate surface area is 128 Å². The van der Waals surface area contributed by atoms with Crippen LogP contribution >= 0.6 is 0 Å². The Hall–Kier alpha value is -3.07.